The first kappa shape index (κ1) is 26.9. The topological polar surface area (TPSA) is 3.24 Å². The molecule has 0 spiro atoms. The predicted molar refractivity (Wildman–Crippen MR) is 106 cm³/mol. The third-order valence-electron chi connectivity index (χ3n) is 3.87. The number of hydrogen-bond acceptors (Lipinski definition) is 1. The van der Waals surface area contributed by atoms with E-state index in [0.717, 1.165) is 22.6 Å². The summed E-state index contributed by atoms with van der Waals surface area (Å²) in [6.45, 7) is 25.3. The summed E-state index contributed by atoms with van der Waals surface area (Å²) in [6, 6.07) is 0. The molecule has 1 nitrogen and oxygen atoms in total. The number of hydrogen-bond donors (Lipinski definition) is 0. The van der Waals surface area contributed by atoms with Gasteiger partial charge < -0.3 is 0 Å². The van der Waals surface area contributed by atoms with Crippen LogP contribution in [0.2, 0.25) is 0 Å². The number of rotatable bonds is 8. The molecule has 0 aromatic carbocycles. The second-order valence-corrected chi connectivity index (χ2v) is 14.5. The van der Waals surface area contributed by atoms with Crippen LogP contribution in [0.1, 0.15) is 55.4 Å². The normalized spacial score (nSPS) is 11.6. The second kappa shape index (κ2) is 14.6. The van der Waals surface area contributed by atoms with Crippen LogP contribution in [0.15, 0.2) is 13.2 Å². The van der Waals surface area contributed by atoms with Crippen molar-refractivity contribution in [1.82, 2.24) is 4.90 Å². The fourth-order valence-electron chi connectivity index (χ4n) is 2.74. The first-order valence-electron chi connectivity index (χ1n) is 8.06. The van der Waals surface area contributed by atoms with Gasteiger partial charge in [0.15, 0.2) is 0 Å². The Morgan fingerprint density at radius 1 is 0.667 bits per heavy atom. The third-order valence-corrected chi connectivity index (χ3v) is 11.6. The molecule has 0 aliphatic carbocycles. The van der Waals surface area contributed by atoms with E-state index in [4.69, 9.17) is 0 Å². The Kier molecular flexibility index (Phi) is 18.8. The molecule has 0 atom stereocenters. The maximum absolute atomic E-state index is 3.00. The molecule has 0 radical (unpaired) electrons. The van der Waals surface area contributed by atoms with Gasteiger partial charge in [-0.2, -0.15) is 0 Å². The van der Waals surface area contributed by atoms with E-state index in [9.17, 15) is 0 Å². The van der Waals surface area contributed by atoms with Crippen LogP contribution < -0.4 is 0 Å². The van der Waals surface area contributed by atoms with Gasteiger partial charge in [0.25, 0.3) is 0 Å². The van der Waals surface area contributed by atoms with Gasteiger partial charge in [-0.3, -0.25) is 0 Å². The van der Waals surface area contributed by atoms with Crippen LogP contribution in [-0.4, -0.2) is 47.2 Å². The zero-order chi connectivity index (χ0) is 16.5. The van der Waals surface area contributed by atoms with Crippen molar-refractivity contribution in [1.29, 1.82) is 0 Å². The van der Waals surface area contributed by atoms with E-state index in [1.165, 1.54) is 12.6 Å². The largest absolute Gasteiger partial charge is 0.242 e. The van der Waals surface area contributed by atoms with Gasteiger partial charge in [-0.05, 0) is 62.4 Å². The Morgan fingerprint density at radius 3 is 1.00 bits per heavy atom. The van der Waals surface area contributed by atoms with E-state index in [1.54, 1.807) is 0 Å². The molecule has 0 rings (SSSR count). The molecule has 0 aromatic rings. The van der Waals surface area contributed by atoms with E-state index >= 15 is 0 Å². The molecule has 0 heterocycles. The van der Waals surface area contributed by atoms with Crippen molar-refractivity contribution in [2.24, 2.45) is 0 Å². The SMILES string of the molecule is C=C.CC(C)[PH+](CN(C)C[PH+](C(C)C)C(C)C)C(C)C.[Ni]. The fourth-order valence-corrected chi connectivity index (χ4v) is 8.56. The Morgan fingerprint density at radius 2 is 0.857 bits per heavy atom. The predicted octanol–water partition coefficient (Wildman–Crippen LogP) is 5.69. The molecule has 4 heteroatoms. The Bertz CT molecular complexity index is 195. The van der Waals surface area contributed by atoms with E-state index in [1.807, 2.05) is 0 Å². The minimum Gasteiger partial charge on any atom is -0.242 e. The summed E-state index contributed by atoms with van der Waals surface area (Å²) in [5.74, 6) is 0. The molecule has 0 aromatic heterocycles. The molecule has 0 aliphatic heterocycles. The molecule has 0 fully saturated rings. The van der Waals surface area contributed by atoms with Crippen molar-refractivity contribution in [3.63, 3.8) is 0 Å². The molecule has 21 heavy (non-hydrogen) atoms. The molecular formula is C17H41NNiP2+2. The van der Waals surface area contributed by atoms with Crippen LogP contribution in [0.25, 0.3) is 0 Å². The van der Waals surface area contributed by atoms with Crippen molar-refractivity contribution >= 4 is 15.8 Å². The van der Waals surface area contributed by atoms with Gasteiger partial charge >= 0.3 is 0 Å². The van der Waals surface area contributed by atoms with Gasteiger partial charge in [-0.1, -0.05) is 0 Å². The minimum absolute atomic E-state index is 0. The van der Waals surface area contributed by atoms with Crippen LogP contribution >= 0.6 is 15.8 Å². The molecule has 0 saturated carbocycles. The molecule has 0 unspecified atom stereocenters. The number of nitrogens with zero attached hydrogens (tertiary/aromatic N) is 1. The van der Waals surface area contributed by atoms with Crippen molar-refractivity contribution in [2.45, 2.75) is 78.0 Å². The molecular weight excluding hydrogens is 339 g/mol. The van der Waals surface area contributed by atoms with Gasteiger partial charge in [-0.25, -0.2) is 4.90 Å². The van der Waals surface area contributed by atoms with Crippen LogP contribution in [0.5, 0.6) is 0 Å². The summed E-state index contributed by atoms with van der Waals surface area (Å²) in [5.41, 5.74) is 3.58. The summed E-state index contributed by atoms with van der Waals surface area (Å²) >= 11 is 0. The summed E-state index contributed by atoms with van der Waals surface area (Å²) in [7, 11) is 1.89. The van der Waals surface area contributed by atoms with Crippen LogP contribution in [0.3, 0.4) is 0 Å². The molecule has 0 bridgehead atoms. The average molecular weight is 380 g/mol. The van der Waals surface area contributed by atoms with Crippen molar-refractivity contribution < 1.29 is 16.5 Å². The zero-order valence-corrected chi connectivity index (χ0v) is 18.9. The van der Waals surface area contributed by atoms with Gasteiger partial charge in [0.1, 0.15) is 12.6 Å². The zero-order valence-electron chi connectivity index (χ0n) is 15.9. The van der Waals surface area contributed by atoms with E-state index in [-0.39, 0.29) is 32.3 Å². The molecule has 0 N–H and O–H groups in total. The van der Waals surface area contributed by atoms with Crippen LogP contribution in [-0.2, 0) is 16.5 Å². The van der Waals surface area contributed by atoms with E-state index in [0.29, 0.717) is 0 Å². The van der Waals surface area contributed by atoms with Gasteiger partial charge in [0.05, 0.1) is 22.6 Å². The fraction of sp³-hybridized carbons (Fsp3) is 0.882. The molecule has 0 amide bonds. The first-order chi connectivity index (χ1) is 9.16. The molecule has 0 saturated heterocycles. The van der Waals surface area contributed by atoms with Crippen LogP contribution in [0, 0.1) is 0 Å². The summed E-state index contributed by atoms with van der Waals surface area (Å²) in [6.07, 6.45) is 2.74. The average Bonchev–Trinajstić information content (AvgIpc) is 2.33. The summed E-state index contributed by atoms with van der Waals surface area (Å²) in [5, 5.41) is 0. The van der Waals surface area contributed by atoms with Crippen molar-refractivity contribution in [3.8, 4) is 0 Å². The van der Waals surface area contributed by atoms with E-state index < -0.39 is 0 Å². The smallest absolute Gasteiger partial charge is 0.112 e. The molecule has 0 aliphatic rings. The maximum Gasteiger partial charge on any atom is 0.112 e. The van der Waals surface area contributed by atoms with Crippen LogP contribution in [0.4, 0.5) is 0 Å². The Labute approximate surface area is 148 Å². The summed E-state index contributed by atoms with van der Waals surface area (Å²) < 4.78 is 0. The van der Waals surface area contributed by atoms with Gasteiger partial charge in [0.2, 0.25) is 0 Å². The third kappa shape index (κ3) is 12.2. The quantitative estimate of drug-likeness (QED) is 0.297. The van der Waals surface area contributed by atoms with Gasteiger partial charge in [-0.15, -0.1) is 13.2 Å². The van der Waals surface area contributed by atoms with Gasteiger partial charge in [0, 0.05) is 32.3 Å². The standard InChI is InChI=1S/C15H35NP2.C2H4.Ni/c1-12(2)17(13(3)4)10-16(9)11-18(14(5)6)15(7)8;1-2;/h12-15H,10-11H2,1-9H3;1-2H2;/p+2. The van der Waals surface area contributed by atoms with Crippen molar-refractivity contribution in [2.75, 3.05) is 19.6 Å². The Hall–Kier alpha value is 1.05. The van der Waals surface area contributed by atoms with Crippen molar-refractivity contribution in [3.05, 3.63) is 13.2 Å². The second-order valence-electron chi connectivity index (χ2n) is 6.94. The monoisotopic (exact) mass is 379 g/mol. The maximum atomic E-state index is 3.00. The first-order valence-corrected chi connectivity index (χ1v) is 11.8. The summed E-state index contributed by atoms with van der Waals surface area (Å²) in [4.78, 5) is 2.66. The van der Waals surface area contributed by atoms with E-state index in [2.05, 4.69) is 80.5 Å². The molecule has 132 valence electrons. The Balaban J connectivity index is -0.00000103. The minimum atomic E-state index is -0.231.